The molecule has 0 fully saturated rings. The maximum atomic E-state index is 13.2. The second kappa shape index (κ2) is 11.8. The van der Waals surface area contributed by atoms with Gasteiger partial charge in [0.2, 0.25) is 0 Å². The van der Waals surface area contributed by atoms with Crippen LogP contribution in [0.1, 0.15) is 48.5 Å². The van der Waals surface area contributed by atoms with Gasteiger partial charge in [-0.05, 0) is 103 Å². The van der Waals surface area contributed by atoms with Gasteiger partial charge in [-0.15, -0.1) is 0 Å². The highest BCUT2D eigenvalue weighted by Crippen LogP contribution is 2.32. The molecule has 0 spiro atoms. The molecule has 0 saturated carbocycles. The summed E-state index contributed by atoms with van der Waals surface area (Å²) in [4.78, 5) is 26.5. The Morgan fingerprint density at radius 2 is 0.905 bits per heavy atom. The van der Waals surface area contributed by atoms with Crippen molar-refractivity contribution in [3.05, 3.63) is 148 Å². The third-order valence-corrected chi connectivity index (χ3v) is 7.61. The molecule has 0 saturated heterocycles. The molecule has 0 atom stereocenters. The molecule has 5 heteroatoms. The maximum Gasteiger partial charge on any atom is 0.167 e. The van der Waals surface area contributed by atoms with Crippen LogP contribution in [0.3, 0.4) is 0 Å². The van der Waals surface area contributed by atoms with Crippen LogP contribution in [0.4, 0.5) is 5.69 Å². The van der Waals surface area contributed by atoms with Crippen LogP contribution in [-0.2, 0) is 25.7 Å². The first kappa shape index (κ1) is 27.0. The highest BCUT2D eigenvalue weighted by atomic mass is 16.5. The minimum atomic E-state index is 0.0568. The topological polar surface area (TPSA) is 78.6 Å². The van der Waals surface area contributed by atoms with Gasteiger partial charge >= 0.3 is 0 Å². The highest BCUT2D eigenvalue weighted by molar-refractivity contribution is 6.04. The number of hydrogen-bond donors (Lipinski definition) is 1. The number of carbonyl (C=O) groups is 2. The van der Waals surface area contributed by atoms with Crippen molar-refractivity contribution in [1.82, 2.24) is 0 Å². The lowest BCUT2D eigenvalue weighted by Crippen LogP contribution is -2.21. The fourth-order valence-electron chi connectivity index (χ4n) is 5.19. The van der Waals surface area contributed by atoms with Crippen molar-refractivity contribution < 1.29 is 19.1 Å². The van der Waals surface area contributed by atoms with Crippen LogP contribution in [-0.4, -0.2) is 11.6 Å². The first-order chi connectivity index (χ1) is 20.4. The van der Waals surface area contributed by atoms with Crippen LogP contribution in [0.25, 0.3) is 0 Å². The molecular weight excluding hydrogens is 522 g/mol. The van der Waals surface area contributed by atoms with Crippen molar-refractivity contribution in [3.63, 3.8) is 0 Å². The van der Waals surface area contributed by atoms with Gasteiger partial charge in [0, 0.05) is 29.7 Å². The summed E-state index contributed by atoms with van der Waals surface area (Å²) in [5.41, 5.74) is 12.9. The summed E-state index contributed by atoms with van der Waals surface area (Å²) in [7, 11) is 0. The summed E-state index contributed by atoms with van der Waals surface area (Å²) in [6.45, 7) is 2.04. The zero-order chi connectivity index (χ0) is 29.1. The van der Waals surface area contributed by atoms with Crippen LogP contribution < -0.4 is 15.2 Å². The van der Waals surface area contributed by atoms with E-state index in [1.54, 1.807) is 12.1 Å². The smallest absolute Gasteiger partial charge is 0.167 e. The zero-order valence-electron chi connectivity index (χ0n) is 23.4. The molecule has 5 aromatic rings. The molecule has 0 bridgehead atoms. The standard InChI is InChI=1S/C37H31NO4/c1-24-2-10-28(11-3-24)41-29-12-4-25(5-13-29)22-36(39)34-20-21-35(33-19-18-32(33)34)37(40)23-26-6-14-30(15-7-26)42-31-16-8-27(38)9-17-31/h2-17,20-21H,18-19,22-23,38H2,1H3. The molecule has 0 aromatic heterocycles. The van der Waals surface area contributed by atoms with E-state index in [1.165, 1.54) is 5.56 Å². The lowest BCUT2D eigenvalue weighted by molar-refractivity contribution is 0.0978. The molecular formula is C37H31NO4. The van der Waals surface area contributed by atoms with E-state index in [1.807, 2.05) is 104 Å². The fourth-order valence-corrected chi connectivity index (χ4v) is 5.19. The molecule has 0 radical (unpaired) electrons. The van der Waals surface area contributed by atoms with Crippen LogP contribution in [0.5, 0.6) is 23.0 Å². The normalized spacial score (nSPS) is 11.7. The molecule has 1 aliphatic carbocycles. The van der Waals surface area contributed by atoms with Gasteiger partial charge in [0.05, 0.1) is 0 Å². The minimum Gasteiger partial charge on any atom is -0.457 e. The summed E-state index contributed by atoms with van der Waals surface area (Å²) >= 11 is 0. The van der Waals surface area contributed by atoms with E-state index in [2.05, 4.69) is 0 Å². The van der Waals surface area contributed by atoms with Crippen molar-refractivity contribution in [3.8, 4) is 23.0 Å². The molecule has 0 amide bonds. The van der Waals surface area contributed by atoms with E-state index in [0.717, 1.165) is 52.2 Å². The minimum absolute atomic E-state index is 0.0568. The Morgan fingerprint density at radius 3 is 1.29 bits per heavy atom. The third kappa shape index (κ3) is 6.11. The largest absolute Gasteiger partial charge is 0.457 e. The fraction of sp³-hybridized carbons (Fsp3) is 0.135. The quantitative estimate of drug-likeness (QED) is 0.140. The Labute approximate surface area is 245 Å². The number of carbonyl (C=O) groups excluding carboxylic acids is 2. The first-order valence-electron chi connectivity index (χ1n) is 14.1. The molecule has 2 N–H and O–H groups in total. The van der Waals surface area contributed by atoms with Crippen molar-refractivity contribution in [2.45, 2.75) is 32.6 Å². The van der Waals surface area contributed by atoms with Gasteiger partial charge in [0.1, 0.15) is 23.0 Å². The molecule has 5 nitrogen and oxygen atoms in total. The van der Waals surface area contributed by atoms with Crippen LogP contribution in [0.2, 0.25) is 0 Å². The second-order valence-corrected chi connectivity index (χ2v) is 10.7. The summed E-state index contributed by atoms with van der Waals surface area (Å²) in [5.74, 6) is 3.02. The number of rotatable bonds is 10. The van der Waals surface area contributed by atoms with Gasteiger partial charge in [0.25, 0.3) is 0 Å². The molecule has 0 heterocycles. The van der Waals surface area contributed by atoms with Crippen LogP contribution in [0, 0.1) is 6.92 Å². The van der Waals surface area contributed by atoms with Gasteiger partial charge in [-0.3, -0.25) is 9.59 Å². The second-order valence-electron chi connectivity index (χ2n) is 10.7. The summed E-state index contributed by atoms with van der Waals surface area (Å²) < 4.78 is 11.8. The van der Waals surface area contributed by atoms with Crippen molar-refractivity contribution >= 4 is 17.3 Å². The Kier molecular flexibility index (Phi) is 7.56. The number of fused-ring (bicyclic) bond motifs is 1. The van der Waals surface area contributed by atoms with Gasteiger partial charge in [-0.1, -0.05) is 54.1 Å². The highest BCUT2D eigenvalue weighted by Gasteiger charge is 2.26. The van der Waals surface area contributed by atoms with Gasteiger partial charge in [-0.25, -0.2) is 0 Å². The number of Topliss-reactive ketones (excluding diaryl/α,β-unsaturated/α-hetero) is 2. The van der Waals surface area contributed by atoms with E-state index >= 15 is 0 Å². The summed E-state index contributed by atoms with van der Waals surface area (Å²) in [5, 5.41) is 0. The summed E-state index contributed by atoms with van der Waals surface area (Å²) in [6, 6.07) is 33.9. The first-order valence-corrected chi connectivity index (χ1v) is 14.1. The number of hydrogen-bond acceptors (Lipinski definition) is 5. The molecule has 0 unspecified atom stereocenters. The number of anilines is 1. The van der Waals surface area contributed by atoms with Crippen molar-refractivity contribution in [1.29, 1.82) is 0 Å². The lowest BCUT2D eigenvalue weighted by Gasteiger charge is -2.25. The monoisotopic (exact) mass is 553 g/mol. The molecule has 0 aliphatic heterocycles. The van der Waals surface area contributed by atoms with Gasteiger partial charge in [-0.2, -0.15) is 0 Å². The molecule has 42 heavy (non-hydrogen) atoms. The number of nitrogens with two attached hydrogens (primary N) is 1. The predicted molar refractivity (Wildman–Crippen MR) is 165 cm³/mol. The Morgan fingerprint density at radius 1 is 0.548 bits per heavy atom. The molecule has 5 aromatic carbocycles. The van der Waals surface area contributed by atoms with E-state index in [9.17, 15) is 9.59 Å². The average molecular weight is 554 g/mol. The number of benzene rings is 5. The lowest BCUT2D eigenvalue weighted by atomic mass is 9.78. The van der Waals surface area contributed by atoms with E-state index < -0.39 is 0 Å². The number of aryl methyl sites for hydroxylation is 1. The molecule has 6 rings (SSSR count). The van der Waals surface area contributed by atoms with E-state index in [4.69, 9.17) is 15.2 Å². The van der Waals surface area contributed by atoms with Crippen LogP contribution >= 0.6 is 0 Å². The number of nitrogen functional groups attached to an aromatic ring is 1. The number of ketones is 2. The predicted octanol–water partition coefficient (Wildman–Crippen LogP) is 8.11. The average Bonchev–Trinajstić information content (AvgIpc) is 2.97. The van der Waals surface area contributed by atoms with E-state index in [0.29, 0.717) is 35.6 Å². The van der Waals surface area contributed by atoms with Gasteiger partial charge < -0.3 is 15.2 Å². The maximum absolute atomic E-state index is 13.2. The SMILES string of the molecule is Cc1ccc(Oc2ccc(CC(=O)c3ccc(C(=O)Cc4ccc(Oc5ccc(N)cc5)cc4)c4c3CC4)cc2)cc1. The molecule has 208 valence electrons. The molecule has 1 aliphatic rings. The zero-order valence-corrected chi connectivity index (χ0v) is 23.4. The van der Waals surface area contributed by atoms with Crippen LogP contribution in [0.15, 0.2) is 109 Å². The van der Waals surface area contributed by atoms with Gasteiger partial charge in [0.15, 0.2) is 11.6 Å². The Hall–Kier alpha value is -5.16. The Bertz CT molecular complexity index is 1610. The van der Waals surface area contributed by atoms with Crippen molar-refractivity contribution in [2.24, 2.45) is 0 Å². The Balaban J connectivity index is 1.08. The van der Waals surface area contributed by atoms with Crippen molar-refractivity contribution in [2.75, 3.05) is 5.73 Å². The number of ether oxygens (including phenoxy) is 2. The third-order valence-electron chi connectivity index (χ3n) is 7.61. The summed E-state index contributed by atoms with van der Waals surface area (Å²) in [6.07, 6.45) is 2.23. The van der Waals surface area contributed by atoms with E-state index in [-0.39, 0.29) is 11.6 Å².